The van der Waals surface area contributed by atoms with Crippen molar-refractivity contribution >= 4 is 10.1 Å². The van der Waals surface area contributed by atoms with E-state index in [1.165, 1.54) is 0 Å². The number of hydrogen-bond acceptors (Lipinski definition) is 3. The third-order valence-electron chi connectivity index (χ3n) is 2.05. The van der Waals surface area contributed by atoms with Crippen molar-refractivity contribution in [1.82, 2.24) is 4.90 Å². The van der Waals surface area contributed by atoms with Crippen LogP contribution in [0.25, 0.3) is 0 Å². The molecule has 0 aromatic carbocycles. The lowest BCUT2D eigenvalue weighted by molar-refractivity contribution is 0.236. The summed E-state index contributed by atoms with van der Waals surface area (Å²) in [7, 11) is -3.89. The molecule has 0 fully saturated rings. The van der Waals surface area contributed by atoms with Gasteiger partial charge in [-0.3, -0.25) is 9.45 Å². The predicted molar refractivity (Wildman–Crippen MR) is 57.7 cm³/mol. The van der Waals surface area contributed by atoms with Gasteiger partial charge in [0.05, 0.1) is 0 Å². The average molecular weight is 223 g/mol. The highest BCUT2D eigenvalue weighted by Crippen LogP contribution is 2.06. The summed E-state index contributed by atoms with van der Waals surface area (Å²) in [6.45, 7) is 8.73. The molecule has 0 aliphatic heterocycles. The summed E-state index contributed by atoms with van der Waals surface area (Å²) in [6, 6.07) is 0.135. The van der Waals surface area contributed by atoms with Crippen LogP contribution in [-0.2, 0) is 10.1 Å². The Labute approximate surface area is 87.0 Å². The molecule has 0 atom stereocenters. The molecule has 0 saturated heterocycles. The van der Waals surface area contributed by atoms with Gasteiger partial charge in [0, 0.05) is 6.04 Å². The first kappa shape index (κ1) is 13.9. The van der Waals surface area contributed by atoms with E-state index in [9.17, 15) is 8.42 Å². The van der Waals surface area contributed by atoms with Gasteiger partial charge in [-0.05, 0) is 32.7 Å². The molecule has 0 amide bonds. The van der Waals surface area contributed by atoms with E-state index in [0.29, 0.717) is 12.5 Å². The Balaban J connectivity index is 4.17. The van der Waals surface area contributed by atoms with Crippen molar-refractivity contribution < 1.29 is 13.0 Å². The summed E-state index contributed by atoms with van der Waals surface area (Å²) < 4.78 is 30.1. The number of nitrogens with zero attached hydrogens (tertiary/aromatic N) is 1. The van der Waals surface area contributed by atoms with Crippen molar-refractivity contribution in [2.24, 2.45) is 5.92 Å². The van der Waals surface area contributed by atoms with Crippen LogP contribution in [0.4, 0.5) is 0 Å². The van der Waals surface area contributed by atoms with E-state index >= 15 is 0 Å². The van der Waals surface area contributed by atoms with E-state index in [4.69, 9.17) is 4.55 Å². The Hall–Kier alpha value is -0.130. The zero-order valence-electron chi connectivity index (χ0n) is 9.40. The van der Waals surface area contributed by atoms with Gasteiger partial charge < -0.3 is 0 Å². The van der Waals surface area contributed by atoms with E-state index < -0.39 is 10.1 Å². The van der Waals surface area contributed by atoms with Crippen molar-refractivity contribution in [1.29, 1.82) is 0 Å². The van der Waals surface area contributed by atoms with Gasteiger partial charge in [0.25, 0.3) is 10.1 Å². The van der Waals surface area contributed by atoms with Gasteiger partial charge in [-0.2, -0.15) is 8.42 Å². The highest BCUT2D eigenvalue weighted by Gasteiger charge is 2.16. The second-order valence-electron chi connectivity index (χ2n) is 4.30. The lowest BCUT2D eigenvalue weighted by atomic mass is 10.1. The maximum Gasteiger partial charge on any atom is 0.278 e. The number of rotatable bonds is 6. The van der Waals surface area contributed by atoms with Gasteiger partial charge in [0.15, 0.2) is 0 Å². The Morgan fingerprint density at radius 2 is 1.71 bits per heavy atom. The smallest absolute Gasteiger partial charge is 0.278 e. The third-order valence-corrected chi connectivity index (χ3v) is 2.71. The minimum atomic E-state index is -3.89. The molecule has 5 heteroatoms. The molecule has 86 valence electrons. The summed E-state index contributed by atoms with van der Waals surface area (Å²) in [5.74, 6) is 0.273. The van der Waals surface area contributed by atoms with Crippen LogP contribution < -0.4 is 0 Å². The molecule has 0 spiro atoms. The third kappa shape index (κ3) is 7.29. The van der Waals surface area contributed by atoms with Crippen molar-refractivity contribution in [3.05, 3.63) is 0 Å². The van der Waals surface area contributed by atoms with Gasteiger partial charge in [-0.1, -0.05) is 13.8 Å². The first-order valence-electron chi connectivity index (χ1n) is 4.91. The van der Waals surface area contributed by atoms with Crippen LogP contribution in [0.5, 0.6) is 0 Å². The van der Waals surface area contributed by atoms with Crippen LogP contribution in [0.15, 0.2) is 0 Å². The minimum absolute atomic E-state index is 0.135. The molecule has 0 bridgehead atoms. The molecule has 0 unspecified atom stereocenters. The molecule has 4 nitrogen and oxygen atoms in total. The Morgan fingerprint density at radius 3 is 2.00 bits per heavy atom. The molecule has 0 aromatic heterocycles. The molecule has 0 aromatic rings. The highest BCUT2D eigenvalue weighted by molar-refractivity contribution is 7.85. The van der Waals surface area contributed by atoms with E-state index in [2.05, 4.69) is 13.8 Å². The summed E-state index contributed by atoms with van der Waals surface area (Å²) >= 11 is 0. The van der Waals surface area contributed by atoms with Gasteiger partial charge in [0.1, 0.15) is 5.88 Å². The molecular formula is C9H21NO3S. The second-order valence-corrected chi connectivity index (χ2v) is 5.72. The maximum absolute atomic E-state index is 10.7. The van der Waals surface area contributed by atoms with Crippen LogP contribution in [-0.4, -0.2) is 36.3 Å². The normalized spacial score (nSPS) is 13.1. The van der Waals surface area contributed by atoms with Crippen molar-refractivity contribution in [2.75, 3.05) is 12.4 Å². The standard InChI is InChI=1S/C9H21NO3S/c1-8(2)5-6-10(9(3)4)7-14(11,12)13/h8-9H,5-7H2,1-4H3,(H,11,12,13). The van der Waals surface area contributed by atoms with Gasteiger partial charge in [-0.15, -0.1) is 0 Å². The lowest BCUT2D eigenvalue weighted by Gasteiger charge is -2.25. The molecule has 0 aliphatic rings. The van der Waals surface area contributed by atoms with Crippen molar-refractivity contribution in [3.8, 4) is 0 Å². The number of hydrogen-bond donors (Lipinski definition) is 1. The SMILES string of the molecule is CC(C)CCN(CS(=O)(=O)O)C(C)C. The summed E-state index contributed by atoms with van der Waals surface area (Å²) in [5, 5.41) is 0. The van der Waals surface area contributed by atoms with E-state index in [1.54, 1.807) is 4.90 Å². The van der Waals surface area contributed by atoms with Crippen LogP contribution in [0.1, 0.15) is 34.1 Å². The monoisotopic (exact) mass is 223 g/mol. The van der Waals surface area contributed by atoms with Crippen LogP contribution >= 0.6 is 0 Å². The summed E-state index contributed by atoms with van der Waals surface area (Å²) in [5.41, 5.74) is 0. The fourth-order valence-corrected chi connectivity index (χ4v) is 1.95. The quantitative estimate of drug-likeness (QED) is 0.695. The van der Waals surface area contributed by atoms with Gasteiger partial charge >= 0.3 is 0 Å². The zero-order valence-corrected chi connectivity index (χ0v) is 10.2. The Morgan fingerprint density at radius 1 is 1.21 bits per heavy atom. The predicted octanol–water partition coefficient (Wildman–Crippen LogP) is 1.59. The molecule has 0 radical (unpaired) electrons. The van der Waals surface area contributed by atoms with Gasteiger partial charge in [-0.25, -0.2) is 0 Å². The fraction of sp³-hybridized carbons (Fsp3) is 1.00. The van der Waals surface area contributed by atoms with Gasteiger partial charge in [0.2, 0.25) is 0 Å². The fourth-order valence-electron chi connectivity index (χ4n) is 1.11. The molecule has 0 aliphatic carbocycles. The first-order chi connectivity index (χ1) is 6.22. The molecule has 1 N–H and O–H groups in total. The first-order valence-corrected chi connectivity index (χ1v) is 6.52. The summed E-state index contributed by atoms with van der Waals surface area (Å²) in [6.07, 6.45) is 0.938. The van der Waals surface area contributed by atoms with Crippen LogP contribution in [0.2, 0.25) is 0 Å². The highest BCUT2D eigenvalue weighted by atomic mass is 32.2. The van der Waals surface area contributed by atoms with E-state index in [-0.39, 0.29) is 11.9 Å². The van der Waals surface area contributed by atoms with Crippen molar-refractivity contribution in [3.63, 3.8) is 0 Å². The zero-order chi connectivity index (χ0) is 11.4. The molecular weight excluding hydrogens is 202 g/mol. The largest absolute Gasteiger partial charge is 0.285 e. The maximum atomic E-state index is 10.7. The molecule has 0 saturated carbocycles. The van der Waals surface area contributed by atoms with E-state index in [1.807, 2.05) is 13.8 Å². The minimum Gasteiger partial charge on any atom is -0.285 e. The molecule has 14 heavy (non-hydrogen) atoms. The summed E-state index contributed by atoms with van der Waals surface area (Å²) in [4.78, 5) is 1.76. The second kappa shape index (κ2) is 5.68. The Bertz CT molecular complexity index is 247. The average Bonchev–Trinajstić information content (AvgIpc) is 1.94. The van der Waals surface area contributed by atoms with Crippen LogP contribution in [0, 0.1) is 5.92 Å². The lowest BCUT2D eigenvalue weighted by Crippen LogP contribution is -2.36. The molecule has 0 heterocycles. The molecule has 0 rings (SSSR count). The topological polar surface area (TPSA) is 57.6 Å². The van der Waals surface area contributed by atoms with Crippen molar-refractivity contribution in [2.45, 2.75) is 40.2 Å². The Kier molecular flexibility index (Phi) is 5.63. The van der Waals surface area contributed by atoms with Crippen LogP contribution in [0.3, 0.4) is 0 Å². The van der Waals surface area contributed by atoms with E-state index in [0.717, 1.165) is 6.42 Å².